The van der Waals surface area contributed by atoms with Crippen molar-refractivity contribution in [3.8, 4) is 0 Å². The Morgan fingerprint density at radius 3 is 2.48 bits per heavy atom. The van der Waals surface area contributed by atoms with Crippen molar-refractivity contribution in [2.24, 2.45) is 0 Å². The summed E-state index contributed by atoms with van der Waals surface area (Å²) in [6.45, 7) is 5.03. The quantitative estimate of drug-likeness (QED) is 0.803. The van der Waals surface area contributed by atoms with Crippen molar-refractivity contribution in [1.82, 2.24) is 9.88 Å². The lowest BCUT2D eigenvalue weighted by molar-refractivity contribution is 0.249. The number of pyridine rings is 1. The van der Waals surface area contributed by atoms with Crippen molar-refractivity contribution in [1.29, 1.82) is 0 Å². The highest BCUT2D eigenvalue weighted by Gasteiger charge is 2.17. The van der Waals surface area contributed by atoms with Gasteiger partial charge in [-0.25, -0.2) is 4.98 Å². The second-order valence-corrected chi connectivity index (χ2v) is 6.06. The standard InChI is InChI=1S/C16H17Cl2N3/c17-14-2-1-3-15(10-14)21-8-6-20(7-9-21)12-13-4-5-16(18)19-11-13/h1-5,10-11H,6-9,12H2. The number of aromatic nitrogens is 1. The lowest BCUT2D eigenvalue weighted by Gasteiger charge is -2.36. The first-order valence-corrected chi connectivity index (χ1v) is 7.79. The maximum atomic E-state index is 6.06. The van der Waals surface area contributed by atoms with Gasteiger partial charge >= 0.3 is 0 Å². The molecule has 21 heavy (non-hydrogen) atoms. The third-order valence-corrected chi connectivity index (χ3v) is 4.20. The van der Waals surface area contributed by atoms with Crippen LogP contribution in [0.5, 0.6) is 0 Å². The molecule has 0 atom stereocenters. The molecule has 0 aliphatic carbocycles. The maximum absolute atomic E-state index is 6.06. The lowest BCUT2D eigenvalue weighted by Crippen LogP contribution is -2.45. The third kappa shape index (κ3) is 3.88. The summed E-state index contributed by atoms with van der Waals surface area (Å²) in [6.07, 6.45) is 1.85. The number of hydrogen-bond donors (Lipinski definition) is 0. The largest absolute Gasteiger partial charge is 0.369 e. The Kier molecular flexibility index (Phi) is 4.63. The first-order valence-electron chi connectivity index (χ1n) is 7.04. The van der Waals surface area contributed by atoms with Gasteiger partial charge in [0.1, 0.15) is 5.15 Å². The van der Waals surface area contributed by atoms with Gasteiger partial charge in [-0.3, -0.25) is 4.90 Å². The molecule has 2 aromatic rings. The van der Waals surface area contributed by atoms with E-state index in [1.165, 1.54) is 11.3 Å². The minimum atomic E-state index is 0.546. The molecule has 5 heteroatoms. The Bertz CT molecular complexity index is 593. The lowest BCUT2D eigenvalue weighted by atomic mass is 10.2. The molecule has 1 aliphatic rings. The van der Waals surface area contributed by atoms with Gasteiger partial charge in [0.25, 0.3) is 0 Å². The first-order chi connectivity index (χ1) is 10.2. The fraction of sp³-hybridized carbons (Fsp3) is 0.312. The van der Waals surface area contributed by atoms with Crippen LogP contribution in [-0.4, -0.2) is 36.1 Å². The summed E-state index contributed by atoms with van der Waals surface area (Å²) in [6, 6.07) is 11.9. The van der Waals surface area contributed by atoms with Gasteiger partial charge in [0.05, 0.1) is 0 Å². The summed E-state index contributed by atoms with van der Waals surface area (Å²) in [4.78, 5) is 8.94. The SMILES string of the molecule is Clc1cccc(N2CCN(Cc3ccc(Cl)nc3)CC2)c1. The summed E-state index contributed by atoms with van der Waals surface area (Å²) < 4.78 is 0. The summed E-state index contributed by atoms with van der Waals surface area (Å²) in [7, 11) is 0. The monoisotopic (exact) mass is 321 g/mol. The number of anilines is 1. The van der Waals surface area contributed by atoms with Gasteiger partial charge in [0, 0.05) is 49.6 Å². The molecule has 1 aliphatic heterocycles. The van der Waals surface area contributed by atoms with Gasteiger partial charge in [-0.15, -0.1) is 0 Å². The predicted molar refractivity (Wildman–Crippen MR) is 88.2 cm³/mol. The second-order valence-electron chi connectivity index (χ2n) is 5.23. The smallest absolute Gasteiger partial charge is 0.129 e. The summed E-state index contributed by atoms with van der Waals surface area (Å²) in [5, 5.41) is 1.34. The van der Waals surface area contributed by atoms with Crippen molar-refractivity contribution >= 4 is 28.9 Å². The molecule has 0 radical (unpaired) electrons. The molecule has 3 rings (SSSR count). The molecule has 110 valence electrons. The number of rotatable bonds is 3. The number of piperazine rings is 1. The highest BCUT2D eigenvalue weighted by atomic mass is 35.5. The van der Waals surface area contributed by atoms with Gasteiger partial charge in [-0.2, -0.15) is 0 Å². The van der Waals surface area contributed by atoms with E-state index in [1.54, 1.807) is 0 Å². The molecule has 0 N–H and O–H groups in total. The Morgan fingerprint density at radius 1 is 1.00 bits per heavy atom. The van der Waals surface area contributed by atoms with E-state index in [9.17, 15) is 0 Å². The Balaban J connectivity index is 1.56. The van der Waals surface area contributed by atoms with E-state index >= 15 is 0 Å². The molecule has 1 saturated heterocycles. The van der Waals surface area contributed by atoms with Crippen LogP contribution in [0.25, 0.3) is 0 Å². The van der Waals surface area contributed by atoms with Gasteiger partial charge in [0.2, 0.25) is 0 Å². The van der Waals surface area contributed by atoms with Crippen molar-refractivity contribution in [3.05, 3.63) is 58.3 Å². The van der Waals surface area contributed by atoms with Crippen molar-refractivity contribution in [2.75, 3.05) is 31.1 Å². The molecule has 3 nitrogen and oxygen atoms in total. The molecule has 1 fully saturated rings. The van der Waals surface area contributed by atoms with E-state index in [1.807, 2.05) is 36.5 Å². The zero-order valence-electron chi connectivity index (χ0n) is 11.7. The van der Waals surface area contributed by atoms with Gasteiger partial charge in [-0.1, -0.05) is 35.3 Å². The van der Waals surface area contributed by atoms with Crippen LogP contribution in [0.15, 0.2) is 42.6 Å². The van der Waals surface area contributed by atoms with Crippen LogP contribution in [0.4, 0.5) is 5.69 Å². The normalized spacial score (nSPS) is 16.2. The molecule has 0 amide bonds. The zero-order chi connectivity index (χ0) is 14.7. The molecule has 0 unspecified atom stereocenters. The number of nitrogens with zero attached hydrogens (tertiary/aromatic N) is 3. The average molecular weight is 322 g/mol. The molecular weight excluding hydrogens is 305 g/mol. The van der Waals surface area contributed by atoms with Gasteiger partial charge in [0.15, 0.2) is 0 Å². The summed E-state index contributed by atoms with van der Waals surface area (Å²) >= 11 is 11.9. The molecule has 0 spiro atoms. The minimum Gasteiger partial charge on any atom is -0.369 e. The second kappa shape index (κ2) is 6.65. The van der Waals surface area contributed by atoms with E-state index in [4.69, 9.17) is 23.2 Å². The summed E-state index contributed by atoms with van der Waals surface area (Å²) in [5.41, 5.74) is 2.41. The zero-order valence-corrected chi connectivity index (χ0v) is 13.2. The number of hydrogen-bond acceptors (Lipinski definition) is 3. The number of halogens is 2. The Hall–Kier alpha value is -1.29. The van der Waals surface area contributed by atoms with E-state index in [0.29, 0.717) is 5.15 Å². The molecule has 1 aromatic heterocycles. The van der Waals surface area contributed by atoms with Crippen molar-refractivity contribution in [3.63, 3.8) is 0 Å². The van der Waals surface area contributed by atoms with Gasteiger partial charge < -0.3 is 4.90 Å². The van der Waals surface area contributed by atoms with Crippen LogP contribution in [-0.2, 0) is 6.54 Å². The molecule has 2 heterocycles. The highest BCUT2D eigenvalue weighted by Crippen LogP contribution is 2.21. The van der Waals surface area contributed by atoms with Crippen molar-refractivity contribution < 1.29 is 0 Å². The molecule has 1 aromatic carbocycles. The van der Waals surface area contributed by atoms with Crippen LogP contribution in [0.1, 0.15) is 5.56 Å². The summed E-state index contributed by atoms with van der Waals surface area (Å²) in [5.74, 6) is 0. The van der Waals surface area contributed by atoms with Gasteiger partial charge in [-0.05, 0) is 29.8 Å². The van der Waals surface area contributed by atoms with E-state index in [-0.39, 0.29) is 0 Å². The molecular formula is C16H17Cl2N3. The third-order valence-electron chi connectivity index (χ3n) is 3.74. The maximum Gasteiger partial charge on any atom is 0.129 e. The van der Waals surface area contributed by atoms with E-state index < -0.39 is 0 Å². The van der Waals surface area contributed by atoms with Crippen LogP contribution in [0.2, 0.25) is 10.2 Å². The molecule has 0 bridgehead atoms. The molecule has 0 saturated carbocycles. The van der Waals surface area contributed by atoms with Crippen LogP contribution in [0.3, 0.4) is 0 Å². The Labute approximate surface area is 135 Å². The highest BCUT2D eigenvalue weighted by molar-refractivity contribution is 6.30. The Morgan fingerprint density at radius 2 is 1.81 bits per heavy atom. The van der Waals surface area contributed by atoms with Crippen LogP contribution < -0.4 is 4.90 Å². The fourth-order valence-electron chi connectivity index (χ4n) is 2.60. The average Bonchev–Trinajstić information content (AvgIpc) is 2.50. The van der Waals surface area contributed by atoms with E-state index in [2.05, 4.69) is 20.9 Å². The van der Waals surface area contributed by atoms with Crippen molar-refractivity contribution in [2.45, 2.75) is 6.54 Å². The predicted octanol–water partition coefficient (Wildman–Crippen LogP) is 3.71. The van der Waals surface area contributed by atoms with Crippen LogP contribution >= 0.6 is 23.2 Å². The van der Waals surface area contributed by atoms with E-state index in [0.717, 1.165) is 37.7 Å². The number of benzene rings is 1. The fourth-order valence-corrected chi connectivity index (χ4v) is 2.89. The first kappa shape index (κ1) is 14.6. The topological polar surface area (TPSA) is 19.4 Å². The minimum absolute atomic E-state index is 0.546. The van der Waals surface area contributed by atoms with Crippen LogP contribution in [0, 0.1) is 0 Å².